The van der Waals surface area contributed by atoms with Gasteiger partial charge in [-0.3, -0.25) is 9.59 Å². The van der Waals surface area contributed by atoms with Crippen LogP contribution in [0.1, 0.15) is 17.3 Å². The first kappa shape index (κ1) is 17.3. The van der Waals surface area contributed by atoms with Gasteiger partial charge in [0.1, 0.15) is 0 Å². The maximum absolute atomic E-state index is 12.0. The van der Waals surface area contributed by atoms with Gasteiger partial charge >= 0.3 is 0 Å². The summed E-state index contributed by atoms with van der Waals surface area (Å²) in [6.07, 6.45) is 0. The predicted octanol–water partition coefficient (Wildman–Crippen LogP) is 2.46. The predicted molar refractivity (Wildman–Crippen MR) is 91.6 cm³/mol. The minimum absolute atomic E-state index is 0.158. The first-order valence-electron chi connectivity index (χ1n) is 7.60. The Hall–Kier alpha value is -3.02. The molecule has 0 unspecified atom stereocenters. The molecule has 2 aromatic rings. The molecule has 2 rings (SSSR count). The van der Waals surface area contributed by atoms with Crippen molar-refractivity contribution < 1.29 is 19.1 Å². The highest BCUT2D eigenvalue weighted by Crippen LogP contribution is 2.26. The molecular formula is C18H20N2O4. The van der Waals surface area contributed by atoms with Crippen LogP contribution in [0, 0.1) is 0 Å². The number of hydrogen-bond acceptors (Lipinski definition) is 4. The summed E-state index contributed by atoms with van der Waals surface area (Å²) in [5.41, 5.74) is 1.00. The summed E-state index contributed by atoms with van der Waals surface area (Å²) in [4.78, 5) is 23.6. The van der Waals surface area contributed by atoms with Crippen LogP contribution >= 0.6 is 0 Å². The minimum Gasteiger partial charge on any atom is -0.490 e. The molecule has 0 radical (unpaired) electrons. The fourth-order valence-corrected chi connectivity index (χ4v) is 2.07. The number of amides is 2. The molecule has 2 N–H and O–H groups in total. The van der Waals surface area contributed by atoms with Gasteiger partial charge in [-0.05, 0) is 37.3 Å². The SMILES string of the molecule is CCOc1ccccc1OCC(=O)Nc1cccc(C(=O)NC)c1. The lowest BCUT2D eigenvalue weighted by molar-refractivity contribution is -0.118. The second-order valence-electron chi connectivity index (χ2n) is 4.88. The van der Waals surface area contributed by atoms with E-state index in [2.05, 4.69) is 10.6 Å². The maximum Gasteiger partial charge on any atom is 0.262 e. The molecule has 6 heteroatoms. The fourth-order valence-electron chi connectivity index (χ4n) is 2.07. The van der Waals surface area contributed by atoms with Crippen molar-refractivity contribution in [3.8, 4) is 11.5 Å². The molecule has 0 atom stereocenters. The molecule has 0 aliphatic heterocycles. The Labute approximate surface area is 140 Å². The Balaban J connectivity index is 1.96. The standard InChI is InChI=1S/C18H20N2O4/c1-3-23-15-9-4-5-10-16(15)24-12-17(21)20-14-8-6-7-13(11-14)18(22)19-2/h4-11H,3,12H2,1-2H3,(H,19,22)(H,20,21). The van der Waals surface area contributed by atoms with E-state index in [1.807, 2.05) is 19.1 Å². The van der Waals surface area contributed by atoms with Crippen molar-refractivity contribution in [1.82, 2.24) is 5.32 Å². The van der Waals surface area contributed by atoms with Gasteiger partial charge in [0.05, 0.1) is 6.61 Å². The van der Waals surface area contributed by atoms with E-state index in [0.717, 1.165) is 0 Å². The van der Waals surface area contributed by atoms with Gasteiger partial charge in [0.25, 0.3) is 11.8 Å². The summed E-state index contributed by atoms with van der Waals surface area (Å²) in [6, 6.07) is 13.8. The van der Waals surface area contributed by atoms with Crippen LogP contribution in [0.15, 0.2) is 48.5 Å². The largest absolute Gasteiger partial charge is 0.490 e. The first-order valence-corrected chi connectivity index (χ1v) is 7.60. The van der Waals surface area contributed by atoms with Crippen LogP contribution in [-0.4, -0.2) is 32.1 Å². The molecule has 0 saturated heterocycles. The Bertz CT molecular complexity index is 716. The van der Waals surface area contributed by atoms with Gasteiger partial charge in [-0.15, -0.1) is 0 Å². The quantitative estimate of drug-likeness (QED) is 0.818. The van der Waals surface area contributed by atoms with Crippen LogP contribution in [0.2, 0.25) is 0 Å². The summed E-state index contributed by atoms with van der Waals surface area (Å²) in [6.45, 7) is 2.23. The van der Waals surface area contributed by atoms with Crippen LogP contribution in [0.3, 0.4) is 0 Å². The number of para-hydroxylation sites is 2. The molecule has 0 aliphatic rings. The molecule has 0 spiro atoms. The molecule has 24 heavy (non-hydrogen) atoms. The first-order chi connectivity index (χ1) is 11.6. The highest BCUT2D eigenvalue weighted by molar-refractivity contribution is 5.97. The molecule has 2 aromatic carbocycles. The maximum atomic E-state index is 12.0. The number of ether oxygens (including phenoxy) is 2. The van der Waals surface area contributed by atoms with Crippen LogP contribution in [0.4, 0.5) is 5.69 Å². The average Bonchev–Trinajstić information content (AvgIpc) is 2.61. The van der Waals surface area contributed by atoms with E-state index >= 15 is 0 Å². The number of anilines is 1. The van der Waals surface area contributed by atoms with Gasteiger partial charge in [0, 0.05) is 18.3 Å². The number of carbonyl (C=O) groups excluding carboxylic acids is 2. The third-order valence-corrected chi connectivity index (χ3v) is 3.14. The van der Waals surface area contributed by atoms with Crippen LogP contribution in [-0.2, 0) is 4.79 Å². The van der Waals surface area contributed by atoms with Crippen molar-refractivity contribution in [2.75, 3.05) is 25.6 Å². The molecule has 126 valence electrons. The van der Waals surface area contributed by atoms with E-state index < -0.39 is 0 Å². The fraction of sp³-hybridized carbons (Fsp3) is 0.222. The Kier molecular flexibility index (Phi) is 6.19. The van der Waals surface area contributed by atoms with Crippen LogP contribution in [0.5, 0.6) is 11.5 Å². The smallest absolute Gasteiger partial charge is 0.262 e. The average molecular weight is 328 g/mol. The lowest BCUT2D eigenvalue weighted by atomic mass is 10.2. The second kappa shape index (κ2) is 8.57. The van der Waals surface area contributed by atoms with Gasteiger partial charge < -0.3 is 20.1 Å². The van der Waals surface area contributed by atoms with Gasteiger partial charge in [0.2, 0.25) is 0 Å². The lowest BCUT2D eigenvalue weighted by Crippen LogP contribution is -2.21. The van der Waals surface area contributed by atoms with Gasteiger partial charge in [-0.25, -0.2) is 0 Å². The topological polar surface area (TPSA) is 76.7 Å². The summed E-state index contributed by atoms with van der Waals surface area (Å²) in [5.74, 6) is 0.561. The van der Waals surface area contributed by atoms with Crippen molar-refractivity contribution in [2.45, 2.75) is 6.92 Å². The zero-order valence-electron chi connectivity index (χ0n) is 13.7. The van der Waals surface area contributed by atoms with Gasteiger partial charge in [-0.2, -0.15) is 0 Å². The number of nitrogens with one attached hydrogen (secondary N) is 2. The molecule has 2 amide bonds. The number of hydrogen-bond donors (Lipinski definition) is 2. The number of rotatable bonds is 7. The molecule has 6 nitrogen and oxygen atoms in total. The number of carbonyl (C=O) groups is 2. The van der Waals surface area contributed by atoms with E-state index in [0.29, 0.717) is 29.4 Å². The third-order valence-electron chi connectivity index (χ3n) is 3.14. The van der Waals surface area contributed by atoms with Gasteiger partial charge in [0.15, 0.2) is 18.1 Å². The van der Waals surface area contributed by atoms with E-state index in [4.69, 9.17) is 9.47 Å². The van der Waals surface area contributed by atoms with Crippen LogP contribution < -0.4 is 20.1 Å². The normalized spacial score (nSPS) is 9.92. The molecular weight excluding hydrogens is 308 g/mol. The van der Waals surface area contributed by atoms with Crippen molar-refractivity contribution >= 4 is 17.5 Å². The summed E-state index contributed by atoms with van der Waals surface area (Å²) in [7, 11) is 1.55. The molecule has 0 aromatic heterocycles. The Morgan fingerprint density at radius 1 is 1.00 bits per heavy atom. The van der Waals surface area contributed by atoms with E-state index in [-0.39, 0.29) is 18.4 Å². The van der Waals surface area contributed by atoms with Crippen LogP contribution in [0.25, 0.3) is 0 Å². The minimum atomic E-state index is -0.324. The van der Waals surface area contributed by atoms with Crippen molar-refractivity contribution in [3.05, 3.63) is 54.1 Å². The molecule has 0 fully saturated rings. The third kappa shape index (κ3) is 4.74. The Morgan fingerprint density at radius 3 is 2.38 bits per heavy atom. The molecule has 0 aliphatic carbocycles. The molecule has 0 saturated carbocycles. The zero-order valence-corrected chi connectivity index (χ0v) is 13.7. The summed E-state index contributed by atoms with van der Waals surface area (Å²) in [5, 5.41) is 5.23. The lowest BCUT2D eigenvalue weighted by Gasteiger charge is -2.12. The van der Waals surface area contributed by atoms with E-state index in [1.165, 1.54) is 0 Å². The van der Waals surface area contributed by atoms with Crippen molar-refractivity contribution in [2.24, 2.45) is 0 Å². The summed E-state index contributed by atoms with van der Waals surface area (Å²) < 4.78 is 10.9. The Morgan fingerprint density at radius 2 is 1.71 bits per heavy atom. The second-order valence-corrected chi connectivity index (χ2v) is 4.88. The molecule has 0 heterocycles. The van der Waals surface area contributed by atoms with Gasteiger partial charge in [-0.1, -0.05) is 18.2 Å². The molecule has 0 bridgehead atoms. The van der Waals surface area contributed by atoms with Crippen molar-refractivity contribution in [1.29, 1.82) is 0 Å². The zero-order chi connectivity index (χ0) is 17.4. The highest BCUT2D eigenvalue weighted by Gasteiger charge is 2.09. The number of benzene rings is 2. The van der Waals surface area contributed by atoms with Crippen molar-refractivity contribution in [3.63, 3.8) is 0 Å². The van der Waals surface area contributed by atoms with E-state index in [1.54, 1.807) is 43.4 Å². The highest BCUT2D eigenvalue weighted by atomic mass is 16.5. The van der Waals surface area contributed by atoms with E-state index in [9.17, 15) is 9.59 Å². The summed E-state index contributed by atoms with van der Waals surface area (Å²) >= 11 is 0. The monoisotopic (exact) mass is 328 g/mol.